The Morgan fingerprint density at radius 3 is 2.39 bits per heavy atom. The van der Waals surface area contributed by atoms with Gasteiger partial charge in [-0.1, -0.05) is 30.3 Å². The van der Waals surface area contributed by atoms with Gasteiger partial charge in [-0.2, -0.15) is 13.2 Å². The van der Waals surface area contributed by atoms with Crippen LogP contribution in [0.1, 0.15) is 67.8 Å². The molecule has 1 unspecified atom stereocenters. The quantitative estimate of drug-likeness (QED) is 0.489. The molecule has 1 saturated carbocycles. The Bertz CT molecular complexity index is 1280. The van der Waals surface area contributed by atoms with Gasteiger partial charge in [0.1, 0.15) is 5.82 Å². The van der Waals surface area contributed by atoms with E-state index in [2.05, 4.69) is 10.6 Å². The minimum atomic E-state index is -4.79. The van der Waals surface area contributed by atoms with Crippen molar-refractivity contribution in [2.75, 3.05) is 5.32 Å². The molecule has 3 aromatic carbocycles. The molecule has 0 spiro atoms. The molecule has 5 rings (SSSR count). The summed E-state index contributed by atoms with van der Waals surface area (Å²) >= 11 is 0. The Hall–Kier alpha value is -3.68. The summed E-state index contributed by atoms with van der Waals surface area (Å²) in [6, 6.07) is 13.7. The third-order valence-corrected chi connectivity index (χ3v) is 5.97. The third kappa shape index (κ3) is 3.97. The standard InChI is InChI=1S/C25H18F4N2O2/c26-16-11-14(10-15(12-16)25(27,28)29)23(32)30-20-7-3-6-19-21(20)22(31-24(19)33)18-5-2-1-4-17(18)13-8-9-13/h1-7,10-13,22H,8-9H2,(H,30,32)(H,31,33). The molecule has 0 aromatic heterocycles. The number of alkyl halides is 3. The minimum absolute atomic E-state index is 0.282. The fourth-order valence-corrected chi connectivity index (χ4v) is 4.32. The number of hydrogen-bond donors (Lipinski definition) is 2. The number of fused-ring (bicyclic) bond motifs is 1. The van der Waals surface area contributed by atoms with Crippen LogP contribution in [0.4, 0.5) is 23.2 Å². The fraction of sp³-hybridized carbons (Fsp3) is 0.200. The molecule has 0 bridgehead atoms. The van der Waals surface area contributed by atoms with Crippen molar-refractivity contribution in [2.24, 2.45) is 0 Å². The van der Waals surface area contributed by atoms with Gasteiger partial charge in [-0.25, -0.2) is 4.39 Å². The van der Waals surface area contributed by atoms with E-state index in [4.69, 9.17) is 0 Å². The predicted molar refractivity (Wildman–Crippen MR) is 114 cm³/mol. The highest BCUT2D eigenvalue weighted by atomic mass is 19.4. The lowest BCUT2D eigenvalue weighted by Crippen LogP contribution is -2.21. The SMILES string of the molecule is O=C(Nc1cccc2c1C(c1ccccc1C1CC1)NC2=O)c1cc(F)cc(C(F)(F)F)c1. The molecule has 1 fully saturated rings. The summed E-state index contributed by atoms with van der Waals surface area (Å²) < 4.78 is 53.0. The maximum atomic E-state index is 13.8. The van der Waals surface area contributed by atoms with Crippen molar-refractivity contribution in [3.63, 3.8) is 0 Å². The Kier molecular flexibility index (Phi) is 4.96. The largest absolute Gasteiger partial charge is 0.416 e. The summed E-state index contributed by atoms with van der Waals surface area (Å²) in [4.78, 5) is 25.5. The van der Waals surface area contributed by atoms with E-state index in [9.17, 15) is 27.2 Å². The Balaban J connectivity index is 1.53. The Labute approximate surface area is 186 Å². The van der Waals surface area contributed by atoms with Gasteiger partial charge in [0.05, 0.1) is 11.6 Å². The van der Waals surface area contributed by atoms with Crippen molar-refractivity contribution in [1.29, 1.82) is 0 Å². The number of anilines is 1. The van der Waals surface area contributed by atoms with Gasteiger partial charge in [-0.3, -0.25) is 9.59 Å². The summed E-state index contributed by atoms with van der Waals surface area (Å²) in [6.07, 6.45) is -2.67. The Morgan fingerprint density at radius 2 is 1.70 bits per heavy atom. The molecular formula is C25H18F4N2O2. The first kappa shape index (κ1) is 21.2. The number of halogens is 4. The Morgan fingerprint density at radius 1 is 0.970 bits per heavy atom. The van der Waals surface area contributed by atoms with Gasteiger partial charge in [-0.05, 0) is 60.2 Å². The molecule has 0 radical (unpaired) electrons. The highest BCUT2D eigenvalue weighted by Crippen LogP contribution is 2.46. The minimum Gasteiger partial charge on any atom is -0.341 e. The van der Waals surface area contributed by atoms with E-state index < -0.39 is 35.1 Å². The van der Waals surface area contributed by atoms with Crippen LogP contribution < -0.4 is 10.6 Å². The molecule has 8 heteroatoms. The number of benzene rings is 3. The topological polar surface area (TPSA) is 58.2 Å². The third-order valence-electron chi connectivity index (χ3n) is 5.97. The van der Waals surface area contributed by atoms with E-state index in [1.54, 1.807) is 18.2 Å². The average Bonchev–Trinajstić information content (AvgIpc) is 3.56. The first-order valence-electron chi connectivity index (χ1n) is 10.4. The monoisotopic (exact) mass is 454 g/mol. The molecule has 1 atom stereocenters. The lowest BCUT2D eigenvalue weighted by atomic mass is 9.91. The fourth-order valence-electron chi connectivity index (χ4n) is 4.32. The van der Waals surface area contributed by atoms with Gasteiger partial charge in [0.2, 0.25) is 0 Å². The zero-order valence-corrected chi connectivity index (χ0v) is 17.2. The number of rotatable bonds is 4. The maximum Gasteiger partial charge on any atom is 0.416 e. The van der Waals surface area contributed by atoms with Crippen molar-refractivity contribution in [1.82, 2.24) is 5.32 Å². The predicted octanol–water partition coefficient (Wildman–Crippen LogP) is 5.81. The van der Waals surface area contributed by atoms with Crippen LogP contribution in [0.15, 0.2) is 60.7 Å². The van der Waals surface area contributed by atoms with Crippen molar-refractivity contribution in [3.05, 3.63) is 99.9 Å². The highest BCUT2D eigenvalue weighted by molar-refractivity contribution is 6.07. The zero-order valence-electron chi connectivity index (χ0n) is 17.2. The van der Waals surface area contributed by atoms with Crippen LogP contribution in [0.2, 0.25) is 0 Å². The number of carbonyl (C=O) groups is 2. The molecule has 1 heterocycles. The van der Waals surface area contributed by atoms with Gasteiger partial charge in [0, 0.05) is 22.4 Å². The van der Waals surface area contributed by atoms with Crippen molar-refractivity contribution in [2.45, 2.75) is 31.0 Å². The molecule has 1 aliphatic carbocycles. The van der Waals surface area contributed by atoms with Crippen molar-refractivity contribution >= 4 is 17.5 Å². The first-order chi connectivity index (χ1) is 15.7. The molecule has 2 amide bonds. The second kappa shape index (κ2) is 7.72. The van der Waals surface area contributed by atoms with Crippen LogP contribution in [-0.4, -0.2) is 11.8 Å². The van der Waals surface area contributed by atoms with E-state index in [-0.39, 0.29) is 11.6 Å². The smallest absolute Gasteiger partial charge is 0.341 e. The second-order valence-electron chi connectivity index (χ2n) is 8.26. The number of carbonyl (C=O) groups excluding carboxylic acids is 2. The van der Waals surface area contributed by atoms with Gasteiger partial charge in [-0.15, -0.1) is 0 Å². The summed E-state index contributed by atoms with van der Waals surface area (Å²) in [6.45, 7) is 0. The van der Waals surface area contributed by atoms with Crippen LogP contribution in [0.5, 0.6) is 0 Å². The average molecular weight is 454 g/mol. The lowest BCUT2D eigenvalue weighted by Gasteiger charge is -2.19. The molecule has 2 aliphatic rings. The van der Waals surface area contributed by atoms with Gasteiger partial charge in [0.25, 0.3) is 11.8 Å². The van der Waals surface area contributed by atoms with Gasteiger partial charge < -0.3 is 10.6 Å². The van der Waals surface area contributed by atoms with Gasteiger partial charge in [0.15, 0.2) is 0 Å². The second-order valence-corrected chi connectivity index (χ2v) is 8.26. The molecule has 0 saturated heterocycles. The van der Waals surface area contributed by atoms with E-state index in [0.29, 0.717) is 29.2 Å². The molecule has 168 valence electrons. The van der Waals surface area contributed by atoms with Crippen LogP contribution in [0.3, 0.4) is 0 Å². The molecule has 2 N–H and O–H groups in total. The molecule has 3 aromatic rings. The summed E-state index contributed by atoms with van der Waals surface area (Å²) in [5, 5.41) is 5.54. The molecule has 1 aliphatic heterocycles. The maximum absolute atomic E-state index is 13.8. The molecule has 4 nitrogen and oxygen atoms in total. The molecular weight excluding hydrogens is 436 g/mol. The normalized spacial score (nSPS) is 17.5. The van der Waals surface area contributed by atoms with Crippen LogP contribution in [-0.2, 0) is 6.18 Å². The van der Waals surface area contributed by atoms with E-state index >= 15 is 0 Å². The highest BCUT2D eigenvalue weighted by Gasteiger charge is 2.36. The van der Waals surface area contributed by atoms with Crippen molar-refractivity contribution in [3.8, 4) is 0 Å². The molecule has 33 heavy (non-hydrogen) atoms. The number of nitrogens with one attached hydrogen (secondary N) is 2. The van der Waals surface area contributed by atoms with E-state index in [0.717, 1.165) is 30.0 Å². The summed E-state index contributed by atoms with van der Waals surface area (Å²) in [5.41, 5.74) is 1.51. The first-order valence-corrected chi connectivity index (χ1v) is 10.4. The summed E-state index contributed by atoms with van der Waals surface area (Å²) in [7, 11) is 0. The van der Waals surface area contributed by atoms with Crippen LogP contribution >= 0.6 is 0 Å². The van der Waals surface area contributed by atoms with E-state index in [1.165, 1.54) is 0 Å². The zero-order chi connectivity index (χ0) is 23.3. The van der Waals surface area contributed by atoms with Crippen molar-refractivity contribution < 1.29 is 27.2 Å². The van der Waals surface area contributed by atoms with Crippen LogP contribution in [0, 0.1) is 5.82 Å². The van der Waals surface area contributed by atoms with Crippen LogP contribution in [0.25, 0.3) is 0 Å². The number of hydrogen-bond acceptors (Lipinski definition) is 2. The van der Waals surface area contributed by atoms with E-state index in [1.807, 2.05) is 24.3 Å². The summed E-state index contributed by atoms with van der Waals surface area (Å²) in [5.74, 6) is -1.96. The lowest BCUT2D eigenvalue weighted by molar-refractivity contribution is -0.137. The van der Waals surface area contributed by atoms with Gasteiger partial charge >= 0.3 is 6.18 Å². The number of amides is 2.